The highest BCUT2D eigenvalue weighted by Gasteiger charge is 2.09. The lowest BCUT2D eigenvalue weighted by Crippen LogP contribution is -2.21. The number of hydrogen-bond donors (Lipinski definition) is 2. The van der Waals surface area contributed by atoms with Gasteiger partial charge in [-0.2, -0.15) is 0 Å². The largest absolute Gasteiger partial charge is 0.478 e. The van der Waals surface area contributed by atoms with E-state index in [1.165, 1.54) is 5.56 Å². The molecule has 0 saturated carbocycles. The van der Waals surface area contributed by atoms with Crippen molar-refractivity contribution in [2.75, 3.05) is 13.2 Å². The van der Waals surface area contributed by atoms with Gasteiger partial charge in [0.15, 0.2) is 0 Å². The van der Waals surface area contributed by atoms with Crippen molar-refractivity contribution in [2.24, 2.45) is 0 Å². The van der Waals surface area contributed by atoms with Gasteiger partial charge in [0, 0.05) is 12.2 Å². The average molecular weight is 284 g/mol. The molecular weight excluding hydrogens is 260 g/mol. The van der Waals surface area contributed by atoms with Gasteiger partial charge in [-0.1, -0.05) is 49.1 Å². The maximum absolute atomic E-state index is 7.93. The van der Waals surface area contributed by atoms with Gasteiger partial charge >= 0.3 is 0 Å². The summed E-state index contributed by atoms with van der Waals surface area (Å²) in [5.41, 5.74) is 2.67. The Kier molecular flexibility index (Phi) is 7.65. The summed E-state index contributed by atoms with van der Waals surface area (Å²) in [4.78, 5) is 0. The summed E-state index contributed by atoms with van der Waals surface area (Å²) in [6, 6.07) is 10.3. The lowest BCUT2D eigenvalue weighted by molar-refractivity contribution is 0.325. The van der Waals surface area contributed by atoms with E-state index >= 15 is 0 Å². The van der Waals surface area contributed by atoms with E-state index in [1.807, 2.05) is 50.3 Å². The molecule has 1 aromatic rings. The van der Waals surface area contributed by atoms with Crippen LogP contribution in [0.5, 0.6) is 0 Å². The SMILES string of the molecule is C=C(NCCc1ccccc1)/C(=C/C=C\C)C(=N)OCC. The molecule has 0 bridgehead atoms. The van der Waals surface area contributed by atoms with E-state index in [-0.39, 0.29) is 5.90 Å². The van der Waals surface area contributed by atoms with E-state index in [2.05, 4.69) is 24.0 Å². The second-order valence-electron chi connectivity index (χ2n) is 4.51. The summed E-state index contributed by atoms with van der Waals surface area (Å²) in [5, 5.41) is 11.2. The molecule has 0 aliphatic carbocycles. The fraction of sp³-hybridized carbons (Fsp3) is 0.278. The highest BCUT2D eigenvalue weighted by molar-refractivity contribution is 5.95. The fourth-order valence-corrected chi connectivity index (χ4v) is 1.83. The first-order valence-corrected chi connectivity index (χ1v) is 7.20. The number of benzene rings is 1. The molecule has 3 nitrogen and oxygen atoms in total. The highest BCUT2D eigenvalue weighted by Crippen LogP contribution is 2.09. The molecule has 0 radical (unpaired) electrons. The van der Waals surface area contributed by atoms with Gasteiger partial charge in [-0.15, -0.1) is 0 Å². The third kappa shape index (κ3) is 6.13. The van der Waals surface area contributed by atoms with Crippen molar-refractivity contribution in [1.29, 1.82) is 5.41 Å². The molecule has 21 heavy (non-hydrogen) atoms. The van der Waals surface area contributed by atoms with Crippen molar-refractivity contribution < 1.29 is 4.74 Å². The zero-order valence-corrected chi connectivity index (χ0v) is 12.9. The van der Waals surface area contributed by atoms with Crippen LogP contribution < -0.4 is 5.32 Å². The molecule has 112 valence electrons. The molecule has 0 saturated heterocycles. The van der Waals surface area contributed by atoms with Crippen LogP contribution in [0.1, 0.15) is 19.4 Å². The van der Waals surface area contributed by atoms with E-state index in [9.17, 15) is 0 Å². The summed E-state index contributed by atoms with van der Waals surface area (Å²) in [5.74, 6) is 0.146. The Morgan fingerprint density at radius 1 is 1.33 bits per heavy atom. The molecule has 0 aliphatic heterocycles. The zero-order valence-electron chi connectivity index (χ0n) is 12.9. The van der Waals surface area contributed by atoms with Gasteiger partial charge in [0.05, 0.1) is 12.2 Å². The first-order chi connectivity index (χ1) is 10.2. The molecule has 0 fully saturated rings. The summed E-state index contributed by atoms with van der Waals surface area (Å²) in [6.07, 6.45) is 6.55. The van der Waals surface area contributed by atoms with Crippen LogP contribution in [0.25, 0.3) is 0 Å². The van der Waals surface area contributed by atoms with Crippen molar-refractivity contribution in [3.63, 3.8) is 0 Å². The number of rotatable bonds is 8. The van der Waals surface area contributed by atoms with Crippen LogP contribution in [0.2, 0.25) is 0 Å². The van der Waals surface area contributed by atoms with Crippen LogP contribution in [0.4, 0.5) is 0 Å². The number of ether oxygens (including phenoxy) is 1. The lowest BCUT2D eigenvalue weighted by Gasteiger charge is -2.14. The minimum absolute atomic E-state index is 0.146. The number of allylic oxidation sites excluding steroid dienone is 3. The van der Waals surface area contributed by atoms with Gasteiger partial charge in [0.1, 0.15) is 0 Å². The second kappa shape index (κ2) is 9.59. The topological polar surface area (TPSA) is 45.1 Å². The van der Waals surface area contributed by atoms with Gasteiger partial charge < -0.3 is 10.1 Å². The molecule has 0 aliphatic rings. The Labute approximate surface area is 127 Å². The molecule has 1 aromatic carbocycles. The van der Waals surface area contributed by atoms with E-state index < -0.39 is 0 Å². The predicted molar refractivity (Wildman–Crippen MR) is 89.5 cm³/mol. The van der Waals surface area contributed by atoms with Crippen molar-refractivity contribution >= 4 is 5.90 Å². The maximum atomic E-state index is 7.93. The Hall–Kier alpha value is -2.29. The van der Waals surface area contributed by atoms with Gasteiger partial charge in [-0.3, -0.25) is 5.41 Å². The standard InChI is InChI=1S/C18H24N2O/c1-4-6-12-17(18(19)21-5-2)15(3)20-14-13-16-10-8-7-9-11-16/h4,6-12,19-20H,3,5,13-14H2,1-2H3/b6-4-,17-12-,19-18?. The van der Waals surface area contributed by atoms with Gasteiger partial charge in [-0.25, -0.2) is 0 Å². The molecule has 0 amide bonds. The smallest absolute Gasteiger partial charge is 0.215 e. The van der Waals surface area contributed by atoms with E-state index in [1.54, 1.807) is 0 Å². The minimum Gasteiger partial charge on any atom is -0.478 e. The third-order valence-corrected chi connectivity index (χ3v) is 2.91. The molecule has 0 aromatic heterocycles. The molecule has 1 rings (SSSR count). The Morgan fingerprint density at radius 3 is 2.67 bits per heavy atom. The second-order valence-corrected chi connectivity index (χ2v) is 4.51. The molecule has 0 heterocycles. The van der Waals surface area contributed by atoms with Crippen LogP contribution >= 0.6 is 0 Å². The van der Waals surface area contributed by atoms with Crippen LogP contribution in [-0.2, 0) is 11.2 Å². The fourth-order valence-electron chi connectivity index (χ4n) is 1.83. The van der Waals surface area contributed by atoms with E-state index in [0.717, 1.165) is 13.0 Å². The number of nitrogens with one attached hydrogen (secondary N) is 2. The van der Waals surface area contributed by atoms with Crippen LogP contribution in [-0.4, -0.2) is 19.0 Å². The van der Waals surface area contributed by atoms with Crippen molar-refractivity contribution in [3.8, 4) is 0 Å². The van der Waals surface area contributed by atoms with E-state index in [0.29, 0.717) is 17.9 Å². The normalized spacial score (nSPS) is 11.4. The van der Waals surface area contributed by atoms with Crippen molar-refractivity contribution in [3.05, 3.63) is 72.0 Å². The quantitative estimate of drug-likeness (QED) is 0.433. The van der Waals surface area contributed by atoms with Gasteiger partial charge in [0.2, 0.25) is 5.90 Å². The van der Waals surface area contributed by atoms with E-state index in [4.69, 9.17) is 10.1 Å². The molecular formula is C18H24N2O. The molecule has 0 unspecified atom stereocenters. The van der Waals surface area contributed by atoms with Crippen LogP contribution in [0.15, 0.2) is 66.4 Å². The van der Waals surface area contributed by atoms with Gasteiger partial charge in [0.25, 0.3) is 0 Å². The Bertz CT molecular complexity index is 515. The van der Waals surface area contributed by atoms with Gasteiger partial charge in [-0.05, 0) is 31.9 Å². The Balaban J connectivity index is 2.58. The maximum Gasteiger partial charge on any atom is 0.215 e. The van der Waals surface area contributed by atoms with Crippen LogP contribution in [0.3, 0.4) is 0 Å². The third-order valence-electron chi connectivity index (χ3n) is 2.91. The molecule has 2 N–H and O–H groups in total. The number of hydrogen-bond acceptors (Lipinski definition) is 3. The van der Waals surface area contributed by atoms with Crippen LogP contribution in [0, 0.1) is 5.41 Å². The monoisotopic (exact) mass is 284 g/mol. The lowest BCUT2D eigenvalue weighted by atomic mass is 10.1. The summed E-state index contributed by atoms with van der Waals surface area (Å²) >= 11 is 0. The minimum atomic E-state index is 0.146. The first-order valence-electron chi connectivity index (χ1n) is 7.20. The summed E-state index contributed by atoms with van der Waals surface area (Å²) in [7, 11) is 0. The predicted octanol–water partition coefficient (Wildman–Crippen LogP) is 3.85. The average Bonchev–Trinajstić information content (AvgIpc) is 2.49. The van der Waals surface area contributed by atoms with Crippen molar-refractivity contribution in [2.45, 2.75) is 20.3 Å². The summed E-state index contributed by atoms with van der Waals surface area (Å²) < 4.78 is 5.27. The van der Waals surface area contributed by atoms with Crippen molar-refractivity contribution in [1.82, 2.24) is 5.32 Å². The molecule has 0 spiro atoms. The first kappa shape index (κ1) is 16.8. The Morgan fingerprint density at radius 2 is 2.05 bits per heavy atom. The highest BCUT2D eigenvalue weighted by atomic mass is 16.5. The zero-order chi connectivity index (χ0) is 15.5. The summed E-state index contributed by atoms with van der Waals surface area (Å²) in [6.45, 7) is 9.06. The molecule has 0 atom stereocenters. The molecule has 3 heteroatoms.